The van der Waals surface area contributed by atoms with Gasteiger partial charge in [-0.25, -0.2) is 0 Å². The number of H-pyrrole nitrogens is 1. The predicted octanol–water partition coefficient (Wildman–Crippen LogP) is 4.61. The Hall–Kier alpha value is -3.26. The summed E-state index contributed by atoms with van der Waals surface area (Å²) >= 11 is 3.37. The van der Waals surface area contributed by atoms with Gasteiger partial charge in [-0.1, -0.05) is 12.1 Å². The summed E-state index contributed by atoms with van der Waals surface area (Å²) in [6, 6.07) is 6.57. The molecule has 0 saturated carbocycles. The number of aromatic amines is 1. The molecule has 1 aliphatic rings. The Bertz CT molecular complexity index is 1190. The highest BCUT2D eigenvalue weighted by molar-refractivity contribution is 9.10. The van der Waals surface area contributed by atoms with Crippen LogP contribution in [0.15, 0.2) is 41.4 Å². The van der Waals surface area contributed by atoms with Gasteiger partial charge < -0.3 is 19.8 Å². The second-order valence-electron chi connectivity index (χ2n) is 7.54. The van der Waals surface area contributed by atoms with E-state index in [1.54, 1.807) is 29.2 Å². The molecule has 1 amide bonds. The lowest BCUT2D eigenvalue weighted by atomic mass is 9.93. The van der Waals surface area contributed by atoms with Crippen LogP contribution in [-0.4, -0.2) is 44.9 Å². The van der Waals surface area contributed by atoms with Crippen LogP contribution in [0.2, 0.25) is 0 Å². The van der Waals surface area contributed by atoms with E-state index in [-0.39, 0.29) is 23.2 Å². The molecular weight excluding hydrogens is 462 g/mol. The number of aryl methyl sites for hydroxylation is 2. The number of ether oxygens (including phenoxy) is 1. The van der Waals surface area contributed by atoms with Crippen LogP contribution in [0.3, 0.4) is 0 Å². The molecule has 2 aromatic carbocycles. The number of hydrogen-bond acceptors (Lipinski definition) is 5. The van der Waals surface area contributed by atoms with Crippen molar-refractivity contribution in [3.8, 4) is 28.5 Å². The van der Waals surface area contributed by atoms with E-state index in [2.05, 4.69) is 32.7 Å². The first-order valence-corrected chi connectivity index (χ1v) is 10.4. The average Bonchev–Trinajstić information content (AvgIpc) is 3.23. The summed E-state index contributed by atoms with van der Waals surface area (Å²) < 4.78 is 5.76. The van der Waals surface area contributed by atoms with Crippen LogP contribution in [-0.2, 0) is 0 Å². The molecule has 1 unspecified atom stereocenters. The third kappa shape index (κ3) is 3.27. The number of halogens is 1. The second-order valence-corrected chi connectivity index (χ2v) is 8.39. The summed E-state index contributed by atoms with van der Waals surface area (Å²) in [4.78, 5) is 14.9. The van der Waals surface area contributed by atoms with Crippen LogP contribution in [0.1, 0.15) is 38.8 Å². The van der Waals surface area contributed by atoms with Gasteiger partial charge in [0.1, 0.15) is 17.1 Å². The molecule has 160 valence electrons. The molecule has 0 aliphatic carbocycles. The number of aromatic hydroxyl groups is 2. The van der Waals surface area contributed by atoms with E-state index in [1.807, 2.05) is 19.9 Å². The first-order valence-electron chi connectivity index (χ1n) is 9.65. The maximum Gasteiger partial charge on any atom is 0.273 e. The van der Waals surface area contributed by atoms with Gasteiger partial charge in [-0.15, -0.1) is 6.58 Å². The third-order valence-corrected chi connectivity index (χ3v) is 6.08. The van der Waals surface area contributed by atoms with Crippen LogP contribution in [0.4, 0.5) is 0 Å². The van der Waals surface area contributed by atoms with Crippen molar-refractivity contribution in [3.05, 3.63) is 69.3 Å². The minimum absolute atomic E-state index is 0.0227. The minimum Gasteiger partial charge on any atom is -0.507 e. The number of phenols is 2. The molecule has 4 rings (SSSR count). The van der Waals surface area contributed by atoms with Crippen LogP contribution in [0.5, 0.6) is 17.2 Å². The molecule has 0 saturated heterocycles. The van der Waals surface area contributed by atoms with E-state index in [0.29, 0.717) is 33.5 Å². The van der Waals surface area contributed by atoms with Crippen LogP contribution in [0.25, 0.3) is 11.3 Å². The lowest BCUT2D eigenvalue weighted by molar-refractivity contribution is 0.0764. The number of amides is 1. The van der Waals surface area contributed by atoms with E-state index >= 15 is 0 Å². The topological polar surface area (TPSA) is 98.7 Å². The van der Waals surface area contributed by atoms with Crippen molar-refractivity contribution in [3.63, 3.8) is 0 Å². The smallest absolute Gasteiger partial charge is 0.273 e. The average molecular weight is 484 g/mol. The SMILES string of the molecule is C=CCN1C(=O)c2[nH]nc(-c3c(C)cc(C)cc3O)c2C1c1cc(Br)c(O)c(OC)c1. The van der Waals surface area contributed by atoms with Crippen LogP contribution >= 0.6 is 15.9 Å². The fraction of sp³-hybridized carbons (Fsp3) is 0.217. The Morgan fingerprint density at radius 1 is 1.29 bits per heavy atom. The highest BCUT2D eigenvalue weighted by atomic mass is 79.9. The molecule has 3 N–H and O–H groups in total. The van der Waals surface area contributed by atoms with Gasteiger partial charge in [0.25, 0.3) is 5.91 Å². The molecule has 1 aliphatic heterocycles. The lowest BCUT2D eigenvalue weighted by Crippen LogP contribution is -2.29. The number of methoxy groups -OCH3 is 1. The second kappa shape index (κ2) is 7.77. The van der Waals surface area contributed by atoms with Crippen molar-refractivity contribution in [2.24, 2.45) is 0 Å². The zero-order valence-electron chi connectivity index (χ0n) is 17.4. The van der Waals surface area contributed by atoms with Crippen molar-refractivity contribution in [1.29, 1.82) is 0 Å². The minimum atomic E-state index is -0.514. The molecule has 3 aromatic rings. The molecule has 0 bridgehead atoms. The van der Waals surface area contributed by atoms with Crippen molar-refractivity contribution >= 4 is 21.8 Å². The van der Waals surface area contributed by atoms with Gasteiger partial charge in [0, 0.05) is 17.7 Å². The molecular formula is C23H22BrN3O4. The Kier molecular flexibility index (Phi) is 5.26. The number of phenolic OH excluding ortho intramolecular Hbond substituents is 2. The standard InChI is InChI=1S/C23H22BrN3O4/c1-5-6-27-21(13-9-14(24)22(29)16(10-13)31-4)18-19(25-26-20(18)23(27)30)17-12(3)7-11(2)8-15(17)28/h5,7-10,21,28-29H,1,6H2,2-4H3,(H,25,26). The first kappa shape index (κ1) is 21.0. The van der Waals surface area contributed by atoms with Crippen molar-refractivity contribution in [1.82, 2.24) is 15.1 Å². The van der Waals surface area contributed by atoms with E-state index < -0.39 is 6.04 Å². The van der Waals surface area contributed by atoms with Gasteiger partial charge >= 0.3 is 0 Å². The molecule has 7 nitrogen and oxygen atoms in total. The van der Waals surface area contributed by atoms with Crippen molar-refractivity contribution in [2.45, 2.75) is 19.9 Å². The quantitative estimate of drug-likeness (QED) is 0.460. The Morgan fingerprint density at radius 2 is 2.03 bits per heavy atom. The number of nitrogens with one attached hydrogen (secondary N) is 1. The van der Waals surface area contributed by atoms with E-state index in [0.717, 1.165) is 16.7 Å². The normalized spacial score (nSPS) is 15.3. The van der Waals surface area contributed by atoms with Gasteiger partial charge in [0.2, 0.25) is 0 Å². The number of benzene rings is 2. The van der Waals surface area contributed by atoms with E-state index in [4.69, 9.17) is 4.74 Å². The molecule has 0 fully saturated rings. The molecule has 0 radical (unpaired) electrons. The third-order valence-electron chi connectivity index (χ3n) is 5.47. The van der Waals surface area contributed by atoms with Crippen molar-refractivity contribution < 1.29 is 19.7 Å². The fourth-order valence-corrected chi connectivity index (χ4v) is 4.68. The number of rotatable bonds is 5. The zero-order chi connectivity index (χ0) is 22.4. The molecule has 8 heteroatoms. The Morgan fingerprint density at radius 3 is 2.68 bits per heavy atom. The number of carbonyl (C=O) groups excluding carboxylic acids is 1. The van der Waals surface area contributed by atoms with Gasteiger partial charge in [0.15, 0.2) is 11.5 Å². The number of fused-ring (bicyclic) bond motifs is 1. The summed E-state index contributed by atoms with van der Waals surface area (Å²) in [5.74, 6) is 0.143. The predicted molar refractivity (Wildman–Crippen MR) is 121 cm³/mol. The fourth-order valence-electron chi connectivity index (χ4n) is 4.22. The molecule has 2 heterocycles. The van der Waals surface area contributed by atoms with Gasteiger partial charge in [0.05, 0.1) is 17.6 Å². The van der Waals surface area contributed by atoms with Gasteiger partial charge in [-0.3, -0.25) is 9.89 Å². The van der Waals surface area contributed by atoms with Gasteiger partial charge in [-0.2, -0.15) is 5.10 Å². The number of carbonyl (C=O) groups is 1. The summed E-state index contributed by atoms with van der Waals surface area (Å²) in [5.41, 5.74) is 4.62. The lowest BCUT2D eigenvalue weighted by Gasteiger charge is -2.26. The monoisotopic (exact) mass is 483 g/mol. The number of hydrogen-bond donors (Lipinski definition) is 3. The zero-order valence-corrected chi connectivity index (χ0v) is 18.9. The summed E-state index contributed by atoms with van der Waals surface area (Å²) in [6.07, 6.45) is 1.66. The highest BCUT2D eigenvalue weighted by Crippen LogP contribution is 2.47. The highest BCUT2D eigenvalue weighted by Gasteiger charge is 2.42. The van der Waals surface area contributed by atoms with Crippen LogP contribution in [0, 0.1) is 13.8 Å². The van der Waals surface area contributed by atoms with Crippen LogP contribution < -0.4 is 4.74 Å². The maximum atomic E-state index is 13.2. The number of aromatic nitrogens is 2. The van der Waals surface area contributed by atoms with E-state index in [1.165, 1.54) is 7.11 Å². The van der Waals surface area contributed by atoms with Crippen molar-refractivity contribution in [2.75, 3.05) is 13.7 Å². The summed E-state index contributed by atoms with van der Waals surface area (Å²) in [7, 11) is 1.47. The summed E-state index contributed by atoms with van der Waals surface area (Å²) in [6.45, 7) is 7.90. The molecule has 0 spiro atoms. The number of nitrogens with zero attached hydrogens (tertiary/aromatic N) is 2. The Labute approximate surface area is 188 Å². The maximum absolute atomic E-state index is 13.2. The summed E-state index contributed by atoms with van der Waals surface area (Å²) in [5, 5.41) is 28.2. The van der Waals surface area contributed by atoms with E-state index in [9.17, 15) is 15.0 Å². The Balaban J connectivity index is 1.99. The van der Waals surface area contributed by atoms with Gasteiger partial charge in [-0.05, 0) is 64.7 Å². The largest absolute Gasteiger partial charge is 0.507 e. The molecule has 1 atom stereocenters. The molecule has 1 aromatic heterocycles. The first-order chi connectivity index (χ1) is 14.8. The molecule has 31 heavy (non-hydrogen) atoms.